The molecule has 6 heteroatoms. The number of carbonyl (C=O) groups is 1. The second-order valence-corrected chi connectivity index (χ2v) is 9.30. The Hall–Kier alpha value is -3.77. The molecule has 0 amide bonds. The third-order valence-corrected chi connectivity index (χ3v) is 7.05. The summed E-state index contributed by atoms with van der Waals surface area (Å²) in [4.78, 5) is 14.1. The molecule has 0 aliphatic carbocycles. The zero-order valence-electron chi connectivity index (χ0n) is 20.0. The molecular formula is C30H26FNO3S. The van der Waals surface area contributed by atoms with Gasteiger partial charge in [-0.05, 0) is 66.1 Å². The van der Waals surface area contributed by atoms with Crippen molar-refractivity contribution < 1.29 is 18.7 Å². The van der Waals surface area contributed by atoms with Gasteiger partial charge < -0.3 is 14.4 Å². The van der Waals surface area contributed by atoms with Gasteiger partial charge in [0.1, 0.15) is 18.2 Å². The molecule has 2 atom stereocenters. The van der Waals surface area contributed by atoms with Crippen LogP contribution in [0, 0.1) is 12.7 Å². The summed E-state index contributed by atoms with van der Waals surface area (Å²) in [5.41, 5.74) is 5.91. The molecule has 4 nitrogen and oxygen atoms in total. The van der Waals surface area contributed by atoms with Crippen molar-refractivity contribution in [2.45, 2.75) is 24.8 Å². The number of ether oxygens (including phenoxy) is 2. The summed E-state index contributed by atoms with van der Waals surface area (Å²) in [5, 5.41) is -0.282. The van der Waals surface area contributed by atoms with Gasteiger partial charge in [0.2, 0.25) is 0 Å². The number of aryl methyl sites for hydroxylation is 1. The van der Waals surface area contributed by atoms with Gasteiger partial charge in [0.15, 0.2) is 0 Å². The summed E-state index contributed by atoms with van der Waals surface area (Å²) >= 11 is 5.07. The first-order valence-corrected chi connectivity index (χ1v) is 12.2. The molecule has 1 aliphatic rings. The van der Waals surface area contributed by atoms with Crippen molar-refractivity contribution in [1.82, 2.24) is 0 Å². The monoisotopic (exact) mass is 499 g/mol. The van der Waals surface area contributed by atoms with E-state index in [-0.39, 0.29) is 23.1 Å². The number of nitrogens with zero attached hydrogens (tertiary/aromatic N) is 1. The lowest BCUT2D eigenvalue weighted by Crippen LogP contribution is -2.25. The zero-order chi connectivity index (χ0) is 25.2. The van der Waals surface area contributed by atoms with Crippen molar-refractivity contribution in [1.29, 1.82) is 0 Å². The lowest BCUT2D eigenvalue weighted by atomic mass is 9.91. The van der Waals surface area contributed by atoms with Crippen LogP contribution in [0.3, 0.4) is 0 Å². The molecule has 182 valence electrons. The third kappa shape index (κ3) is 4.44. The minimum Gasteiger partial charge on any atom is -0.489 e. The summed E-state index contributed by atoms with van der Waals surface area (Å²) in [6.45, 7) is 2.18. The fraction of sp³-hybridized carbons (Fsp3) is 0.167. The highest BCUT2D eigenvalue weighted by Gasteiger charge is 2.40. The van der Waals surface area contributed by atoms with Crippen LogP contribution < -0.4 is 9.64 Å². The van der Waals surface area contributed by atoms with Crippen LogP contribution in [-0.4, -0.2) is 18.5 Å². The van der Waals surface area contributed by atoms with Crippen molar-refractivity contribution in [3.63, 3.8) is 0 Å². The van der Waals surface area contributed by atoms with E-state index in [2.05, 4.69) is 4.90 Å². The summed E-state index contributed by atoms with van der Waals surface area (Å²) in [7, 11) is 1.37. The SMILES string of the molecule is COC(=O)c1ccc(C2c3c(OCc4ccccc4)cccc3N(c3ccc(F)c(C)c3)C2S)cc1. The van der Waals surface area contributed by atoms with E-state index < -0.39 is 0 Å². The number of rotatable bonds is 6. The predicted molar refractivity (Wildman–Crippen MR) is 143 cm³/mol. The molecule has 0 spiro atoms. The fourth-order valence-electron chi connectivity index (χ4n) is 4.71. The van der Waals surface area contributed by atoms with E-state index in [1.165, 1.54) is 13.2 Å². The number of benzene rings is 4. The Labute approximate surface area is 215 Å². The zero-order valence-corrected chi connectivity index (χ0v) is 20.9. The van der Waals surface area contributed by atoms with Gasteiger partial charge >= 0.3 is 5.97 Å². The second kappa shape index (κ2) is 10.1. The van der Waals surface area contributed by atoms with Crippen LogP contribution in [0.15, 0.2) is 91.0 Å². The predicted octanol–water partition coefficient (Wildman–Crippen LogP) is 7.04. The Morgan fingerprint density at radius 1 is 0.972 bits per heavy atom. The number of halogens is 1. The Morgan fingerprint density at radius 2 is 1.72 bits per heavy atom. The molecule has 5 rings (SSSR count). The number of thiol groups is 1. The highest BCUT2D eigenvalue weighted by atomic mass is 32.1. The van der Waals surface area contributed by atoms with Crippen molar-refractivity contribution in [3.05, 3.63) is 125 Å². The molecule has 0 N–H and O–H groups in total. The van der Waals surface area contributed by atoms with E-state index in [0.717, 1.165) is 33.8 Å². The van der Waals surface area contributed by atoms with Crippen molar-refractivity contribution >= 4 is 30.0 Å². The number of methoxy groups -OCH3 is 1. The number of esters is 1. The number of anilines is 2. The van der Waals surface area contributed by atoms with Crippen LogP contribution in [0.4, 0.5) is 15.8 Å². The second-order valence-electron chi connectivity index (χ2n) is 8.77. The molecular weight excluding hydrogens is 473 g/mol. The van der Waals surface area contributed by atoms with E-state index in [4.69, 9.17) is 22.1 Å². The average molecular weight is 500 g/mol. The van der Waals surface area contributed by atoms with Crippen LogP contribution in [0.1, 0.15) is 38.5 Å². The quantitative estimate of drug-likeness (QED) is 0.228. The molecule has 36 heavy (non-hydrogen) atoms. The van der Waals surface area contributed by atoms with Gasteiger partial charge in [-0.1, -0.05) is 48.5 Å². The largest absolute Gasteiger partial charge is 0.489 e. The normalized spacial score (nSPS) is 16.5. The van der Waals surface area contributed by atoms with Gasteiger partial charge in [-0.25, -0.2) is 9.18 Å². The molecule has 1 aliphatic heterocycles. The lowest BCUT2D eigenvalue weighted by Gasteiger charge is -2.27. The molecule has 0 saturated carbocycles. The van der Waals surface area contributed by atoms with E-state index in [1.807, 2.05) is 66.7 Å². The molecule has 0 aromatic heterocycles. The summed E-state index contributed by atoms with van der Waals surface area (Å²) in [5.74, 6) is -0.0268. The first-order valence-electron chi connectivity index (χ1n) is 11.7. The first-order chi connectivity index (χ1) is 17.5. The smallest absolute Gasteiger partial charge is 0.337 e. The van der Waals surface area contributed by atoms with Crippen LogP contribution >= 0.6 is 12.6 Å². The van der Waals surface area contributed by atoms with Gasteiger partial charge in [-0.15, -0.1) is 0 Å². The molecule has 2 unspecified atom stereocenters. The fourth-order valence-corrected chi connectivity index (χ4v) is 5.29. The lowest BCUT2D eigenvalue weighted by molar-refractivity contribution is 0.0600. The van der Waals surface area contributed by atoms with Gasteiger partial charge in [-0.2, -0.15) is 12.6 Å². The molecule has 0 fully saturated rings. The standard InChI is InChI=1S/C30H26FNO3S/c1-19-17-23(15-16-24(19)31)32-25-9-6-10-26(35-18-20-7-4-3-5-8-20)28(25)27(29(32)36)21-11-13-22(14-12-21)30(33)34-2/h3-17,27,29,36H,18H2,1-2H3. The van der Waals surface area contributed by atoms with Crippen molar-refractivity contribution in [2.24, 2.45) is 0 Å². The Bertz CT molecular complexity index is 1390. The summed E-state index contributed by atoms with van der Waals surface area (Å²) in [6, 6.07) is 28.5. The van der Waals surface area contributed by atoms with Gasteiger partial charge in [0.25, 0.3) is 0 Å². The van der Waals surface area contributed by atoms with E-state index >= 15 is 0 Å². The van der Waals surface area contributed by atoms with E-state index in [1.54, 1.807) is 25.1 Å². The van der Waals surface area contributed by atoms with Crippen LogP contribution in [0.5, 0.6) is 5.75 Å². The maximum atomic E-state index is 14.1. The number of fused-ring (bicyclic) bond motifs is 1. The number of carbonyl (C=O) groups excluding carboxylic acids is 1. The maximum Gasteiger partial charge on any atom is 0.337 e. The highest BCUT2D eigenvalue weighted by Crippen LogP contribution is 2.53. The van der Waals surface area contributed by atoms with Gasteiger partial charge in [-0.3, -0.25) is 0 Å². The minimum atomic E-state index is -0.383. The van der Waals surface area contributed by atoms with E-state index in [9.17, 15) is 9.18 Å². The number of hydrogen-bond donors (Lipinski definition) is 1. The molecule has 4 aromatic rings. The highest BCUT2D eigenvalue weighted by molar-refractivity contribution is 7.81. The average Bonchev–Trinajstić information content (AvgIpc) is 3.21. The summed E-state index contributed by atoms with van der Waals surface area (Å²) < 4.78 is 25.3. The molecule has 4 aromatic carbocycles. The first kappa shape index (κ1) is 23.9. The topological polar surface area (TPSA) is 38.8 Å². The molecule has 1 heterocycles. The van der Waals surface area contributed by atoms with Crippen molar-refractivity contribution in [2.75, 3.05) is 12.0 Å². The van der Waals surface area contributed by atoms with E-state index in [0.29, 0.717) is 17.7 Å². The maximum absolute atomic E-state index is 14.1. The van der Waals surface area contributed by atoms with Crippen LogP contribution in [0.25, 0.3) is 0 Å². The van der Waals surface area contributed by atoms with Gasteiger partial charge in [0, 0.05) is 22.9 Å². The molecule has 0 bridgehead atoms. The summed E-state index contributed by atoms with van der Waals surface area (Å²) in [6.07, 6.45) is 0. The van der Waals surface area contributed by atoms with Gasteiger partial charge in [0.05, 0.1) is 18.0 Å². The molecule has 0 saturated heterocycles. The van der Waals surface area contributed by atoms with Crippen molar-refractivity contribution in [3.8, 4) is 5.75 Å². The Kier molecular flexibility index (Phi) is 6.70. The van der Waals surface area contributed by atoms with Crippen LogP contribution in [0.2, 0.25) is 0 Å². The number of hydrogen-bond acceptors (Lipinski definition) is 5. The Morgan fingerprint density at radius 3 is 2.42 bits per heavy atom. The third-order valence-electron chi connectivity index (χ3n) is 6.52. The molecule has 0 radical (unpaired) electrons. The minimum absolute atomic E-state index is 0.160. The Balaban J connectivity index is 1.60. The van der Waals surface area contributed by atoms with Crippen LogP contribution in [-0.2, 0) is 11.3 Å².